The second-order valence-electron chi connectivity index (χ2n) is 33.1. The van der Waals surface area contributed by atoms with Gasteiger partial charge in [0, 0.05) is 30.1 Å². The maximum Gasteiger partial charge on any atom is 0.187 e. The summed E-state index contributed by atoms with van der Waals surface area (Å²) in [6.07, 6.45) is -11.8. The Kier molecular flexibility index (Phi) is 32.4. The van der Waals surface area contributed by atoms with Crippen LogP contribution in [0, 0.1) is 41.9 Å². The van der Waals surface area contributed by atoms with E-state index in [1.54, 1.807) is 12.2 Å². The molecule has 0 aromatic heterocycles. The largest absolute Gasteiger partial charge is 0.387 e. The maximum atomic E-state index is 13.3. The van der Waals surface area contributed by atoms with Gasteiger partial charge in [-0.05, 0) is 78.5 Å². The van der Waals surface area contributed by atoms with E-state index < -0.39 is 183 Å². The average molecular weight is 1660 g/mol. The van der Waals surface area contributed by atoms with Gasteiger partial charge in [0.05, 0.1) is 114 Å². The smallest absolute Gasteiger partial charge is 0.187 e. The second-order valence-corrected chi connectivity index (χ2v) is 33.1. The van der Waals surface area contributed by atoms with Gasteiger partial charge in [0.15, 0.2) is 43.5 Å². The number of fused-ring (bicyclic) bond motifs is 1. The van der Waals surface area contributed by atoms with Gasteiger partial charge in [-0.25, -0.2) is 0 Å². The Labute approximate surface area is 713 Å². The van der Waals surface area contributed by atoms with Gasteiger partial charge in [0.1, 0.15) is 61.0 Å². The van der Waals surface area contributed by atoms with Crippen molar-refractivity contribution in [2.75, 3.05) is 6.61 Å². The molecule has 3 N–H and O–H groups in total. The first kappa shape index (κ1) is 90.0. The molecule has 7 aromatic carbocycles. The number of ether oxygens (including phenoxy) is 19. The van der Waals surface area contributed by atoms with Crippen molar-refractivity contribution >= 4 is 0 Å². The predicted octanol–water partition coefficient (Wildman–Crippen LogP) is 14.6. The number of hydrogen-bond donors (Lipinski definition) is 3. The van der Waals surface area contributed by atoms with E-state index in [-0.39, 0.29) is 58.6 Å². The molecule has 14 rings (SSSR count). The van der Waals surface area contributed by atoms with Gasteiger partial charge >= 0.3 is 0 Å². The highest BCUT2D eigenvalue weighted by molar-refractivity contribution is 5.21. The zero-order valence-electron chi connectivity index (χ0n) is 70.5. The van der Waals surface area contributed by atoms with Gasteiger partial charge in [-0.3, -0.25) is 0 Å². The van der Waals surface area contributed by atoms with Crippen LogP contribution in [0.3, 0.4) is 0 Å². The van der Waals surface area contributed by atoms with Crippen molar-refractivity contribution in [3.8, 4) is 12.3 Å². The molecule has 31 unspecified atom stereocenters. The van der Waals surface area contributed by atoms with E-state index >= 15 is 0 Å². The minimum atomic E-state index is -1.46. The lowest BCUT2D eigenvalue weighted by Crippen LogP contribution is -2.69. The molecule has 1 aliphatic carbocycles. The first-order chi connectivity index (χ1) is 59.0. The average Bonchev–Trinajstić information content (AvgIpc) is 1.55. The molecule has 31 atom stereocenters. The van der Waals surface area contributed by atoms with Crippen molar-refractivity contribution in [3.05, 3.63) is 277 Å². The van der Waals surface area contributed by atoms with Crippen molar-refractivity contribution in [2.45, 2.75) is 286 Å². The Morgan fingerprint density at radius 1 is 0.355 bits per heavy atom. The molecule has 0 amide bonds. The van der Waals surface area contributed by atoms with E-state index in [4.69, 9.17) is 96.4 Å². The van der Waals surface area contributed by atoms with Crippen LogP contribution in [-0.2, 0) is 136 Å². The lowest BCUT2D eigenvalue weighted by molar-refractivity contribution is -0.409. The van der Waals surface area contributed by atoms with Crippen LogP contribution < -0.4 is 0 Å². The Balaban J connectivity index is 0.724. The van der Waals surface area contributed by atoms with Gasteiger partial charge in [0.25, 0.3) is 0 Å². The van der Waals surface area contributed by atoms with Gasteiger partial charge in [-0.15, -0.1) is 25.5 Å². The molecule has 7 aliphatic rings. The van der Waals surface area contributed by atoms with Crippen molar-refractivity contribution in [2.24, 2.45) is 29.6 Å². The molecule has 0 bridgehead atoms. The third-order valence-electron chi connectivity index (χ3n) is 24.7. The van der Waals surface area contributed by atoms with Gasteiger partial charge in [0.2, 0.25) is 0 Å². The summed E-state index contributed by atoms with van der Waals surface area (Å²) in [5, 5.41) is 39.0. The molecule has 1 saturated carbocycles. The van der Waals surface area contributed by atoms with Crippen LogP contribution in [0.5, 0.6) is 0 Å². The minimum absolute atomic E-state index is 0.101. The summed E-state index contributed by atoms with van der Waals surface area (Å²) in [7, 11) is 0. The van der Waals surface area contributed by atoms with E-state index in [0.717, 1.165) is 38.9 Å². The highest BCUT2D eigenvalue weighted by atomic mass is 16.8. The van der Waals surface area contributed by atoms with Crippen LogP contribution in [0.25, 0.3) is 0 Å². The first-order valence-electron chi connectivity index (χ1n) is 43.2. The van der Waals surface area contributed by atoms with Crippen molar-refractivity contribution < 1.29 is 105 Å². The number of rotatable bonds is 40. The van der Waals surface area contributed by atoms with E-state index in [1.807, 2.05) is 261 Å². The zero-order chi connectivity index (χ0) is 84.4. The molecule has 0 spiro atoms. The van der Waals surface area contributed by atoms with E-state index in [1.165, 1.54) is 0 Å². The van der Waals surface area contributed by atoms with E-state index in [9.17, 15) is 15.3 Å². The number of aliphatic hydroxyl groups is 3. The van der Waals surface area contributed by atoms with Crippen molar-refractivity contribution in [1.29, 1.82) is 0 Å². The Hall–Kier alpha value is -7.30. The third-order valence-corrected chi connectivity index (χ3v) is 24.7. The van der Waals surface area contributed by atoms with E-state index in [2.05, 4.69) is 19.1 Å². The number of hydrogen-bond acceptors (Lipinski definition) is 22. The molecule has 6 aliphatic heterocycles. The summed E-state index contributed by atoms with van der Waals surface area (Å²) in [5.74, 6) is -1.69. The summed E-state index contributed by atoms with van der Waals surface area (Å²) < 4.78 is 133. The molecule has 0 radical (unpaired) electrons. The van der Waals surface area contributed by atoms with Crippen molar-refractivity contribution in [3.63, 3.8) is 0 Å². The fourth-order valence-electron chi connectivity index (χ4n) is 18.0. The summed E-state index contributed by atoms with van der Waals surface area (Å²) in [6.45, 7) is 23.8. The predicted molar refractivity (Wildman–Crippen MR) is 450 cm³/mol. The quantitative estimate of drug-likeness (QED) is 0.0184. The molecule has 7 aromatic rings. The Morgan fingerprint density at radius 2 is 0.678 bits per heavy atom. The SMILES string of the molecule is C#CCCCOC1OC(CC=C)C(OC2OC(C)C(OC3OC(CC=C)C(OC4OC5(OCc6ccccc6)C(C)C(OC6OC(CC)C(OC7OC(C)C(OCc8ccccc8)C(OCc8ccccc8)C7O)C(OCc7ccccc7)C6C)C5C4O)C(OCc4ccccc4)C3C)C(OCc3ccccc3)C2O)C(OCc2ccccc2)C1C. The molecule has 6 saturated heterocycles. The van der Waals surface area contributed by atoms with Crippen LogP contribution in [0.15, 0.2) is 238 Å². The Morgan fingerprint density at radius 3 is 1.07 bits per heavy atom. The Bertz CT molecular complexity index is 4250. The van der Waals surface area contributed by atoms with Crippen LogP contribution in [0.2, 0.25) is 0 Å². The minimum Gasteiger partial charge on any atom is -0.387 e. The van der Waals surface area contributed by atoms with Gasteiger partial charge in [-0.1, -0.05) is 259 Å². The third kappa shape index (κ3) is 21.8. The van der Waals surface area contributed by atoms with Crippen LogP contribution in [0.1, 0.15) is 120 Å². The summed E-state index contributed by atoms with van der Waals surface area (Å²) in [6, 6.07) is 68.9. The number of benzene rings is 7. The molecule has 650 valence electrons. The maximum absolute atomic E-state index is 13.3. The van der Waals surface area contributed by atoms with Gasteiger partial charge < -0.3 is 105 Å². The molecule has 22 heteroatoms. The first-order valence-corrected chi connectivity index (χ1v) is 43.2. The molecular formula is C99H122O22. The highest BCUT2D eigenvalue weighted by Gasteiger charge is 2.74. The summed E-state index contributed by atoms with van der Waals surface area (Å²) in [5.41, 5.74) is 6.45. The second kappa shape index (κ2) is 43.5. The normalized spacial score (nSPS) is 35.9. The summed E-state index contributed by atoms with van der Waals surface area (Å²) >= 11 is 0. The van der Waals surface area contributed by atoms with E-state index in [0.29, 0.717) is 32.3 Å². The molecule has 7 fully saturated rings. The highest BCUT2D eigenvalue weighted by Crippen LogP contribution is 2.59. The van der Waals surface area contributed by atoms with Gasteiger partial charge in [-0.2, -0.15) is 0 Å². The fraction of sp³-hybridized carbons (Fsp3) is 0.515. The lowest BCUT2D eigenvalue weighted by Gasteiger charge is -2.56. The fourth-order valence-corrected chi connectivity index (χ4v) is 18.0. The van der Waals surface area contributed by atoms with Crippen molar-refractivity contribution in [1.82, 2.24) is 0 Å². The summed E-state index contributed by atoms with van der Waals surface area (Å²) in [4.78, 5) is 0. The zero-order valence-corrected chi connectivity index (χ0v) is 70.5. The number of terminal acetylenes is 1. The van der Waals surface area contributed by atoms with Crippen LogP contribution in [0.4, 0.5) is 0 Å². The van der Waals surface area contributed by atoms with Crippen LogP contribution >= 0.6 is 0 Å². The monoisotopic (exact) mass is 1660 g/mol. The molecular weight excluding hydrogens is 1540 g/mol. The topological polar surface area (TPSA) is 236 Å². The number of unbranched alkanes of at least 4 members (excludes halogenated alkanes) is 1. The molecule has 121 heavy (non-hydrogen) atoms. The number of aliphatic hydroxyl groups excluding tert-OH is 3. The molecule has 22 nitrogen and oxygen atoms in total. The van der Waals surface area contributed by atoms with Crippen LogP contribution in [-0.4, -0.2) is 181 Å². The lowest BCUT2D eigenvalue weighted by atomic mass is 9.65. The standard InChI is InChI=1S/C99H122O22/c1-11-15-37-54-103-93-62(5)82(104-55-68-40-23-16-24-41-68)89(76(114-93)38-12-2)119-97-81(102)92(109-60-73-50-33-21-34-51-73)87(67(10)112-97)117-95-64(7)84(106-57-70-44-27-18-28-45-70)90(77(115-95)39-13-3)120-98-79(100)78-85(65(8)99(78,121-98)110-61-74-52-35-22-36-53-74)116-94-63(6)83(105-56-69-42-25-17-26-43-69)88(75(14-4)113-94)118-96-80(101)91(108-59-72-48-31-20-32-49-72)86(66(9)111-96)107-58-71-46-29-19-30-47-71/h1,12-13,16-36,40-53,62-67,75-98,100-102H,2-3,14-15,37-39,54-61H2,4-10H3. The molecule has 6 heterocycles.